The van der Waals surface area contributed by atoms with Crippen molar-refractivity contribution in [2.75, 3.05) is 46.4 Å². The lowest BCUT2D eigenvalue weighted by atomic mass is 10.2. The Kier molecular flexibility index (Phi) is 8.83. The summed E-state index contributed by atoms with van der Waals surface area (Å²) >= 11 is 0. The lowest BCUT2D eigenvalue weighted by Crippen LogP contribution is -2.25. The van der Waals surface area contributed by atoms with E-state index in [1.165, 1.54) is 33.5 Å². The van der Waals surface area contributed by atoms with Crippen molar-refractivity contribution in [3.8, 4) is 28.7 Å². The Balaban J connectivity index is 1.41. The van der Waals surface area contributed by atoms with Crippen molar-refractivity contribution < 1.29 is 36.9 Å². The van der Waals surface area contributed by atoms with E-state index in [0.29, 0.717) is 73.3 Å². The van der Waals surface area contributed by atoms with Crippen molar-refractivity contribution in [3.05, 3.63) is 30.3 Å². The number of carbonyl (C=O) groups excluding carboxylic acids is 1. The molecule has 11 heteroatoms. The van der Waals surface area contributed by atoms with Gasteiger partial charge in [-0.25, -0.2) is 13.1 Å². The van der Waals surface area contributed by atoms with Gasteiger partial charge in [0.15, 0.2) is 23.0 Å². The summed E-state index contributed by atoms with van der Waals surface area (Å²) in [6, 6.07) is 7.86. The number of ether oxygens (including phenoxy) is 5. The normalized spacial score (nSPS) is 12.7. The number of fused-ring (bicyclic) bond motifs is 1. The quantitative estimate of drug-likeness (QED) is 0.432. The number of benzene rings is 2. The molecule has 0 saturated heterocycles. The zero-order valence-electron chi connectivity index (χ0n) is 19.5. The molecule has 0 bridgehead atoms. The zero-order chi connectivity index (χ0) is 24.6. The fourth-order valence-electron chi connectivity index (χ4n) is 3.44. The van der Waals surface area contributed by atoms with E-state index in [4.69, 9.17) is 23.7 Å². The van der Waals surface area contributed by atoms with Crippen LogP contribution in [0.1, 0.15) is 25.7 Å². The third-order valence-corrected chi connectivity index (χ3v) is 6.60. The van der Waals surface area contributed by atoms with Crippen LogP contribution in [0.4, 0.5) is 5.69 Å². The Bertz CT molecular complexity index is 1080. The summed E-state index contributed by atoms with van der Waals surface area (Å²) in [7, 11) is 0.863. The third kappa shape index (κ3) is 6.45. The molecule has 186 valence electrons. The molecule has 0 fully saturated rings. The van der Waals surface area contributed by atoms with E-state index in [9.17, 15) is 13.2 Å². The molecule has 0 unspecified atom stereocenters. The average Bonchev–Trinajstić information content (AvgIpc) is 2.85. The van der Waals surface area contributed by atoms with Crippen molar-refractivity contribution in [1.29, 1.82) is 0 Å². The van der Waals surface area contributed by atoms with Gasteiger partial charge in [0.2, 0.25) is 21.7 Å². The number of rotatable bonds is 12. The van der Waals surface area contributed by atoms with Crippen LogP contribution in [0, 0.1) is 0 Å². The predicted octanol–water partition coefficient (Wildman–Crippen LogP) is 2.96. The fraction of sp³-hybridized carbons (Fsp3) is 0.435. The van der Waals surface area contributed by atoms with Crippen LogP contribution in [0.2, 0.25) is 0 Å². The molecule has 0 atom stereocenters. The van der Waals surface area contributed by atoms with E-state index in [1.807, 2.05) is 0 Å². The molecule has 0 radical (unpaired) electrons. The maximum absolute atomic E-state index is 12.5. The first kappa shape index (κ1) is 25.4. The van der Waals surface area contributed by atoms with Crippen LogP contribution in [0.3, 0.4) is 0 Å². The smallest absolute Gasteiger partial charge is 0.240 e. The SMILES string of the molecule is COc1cc(NC(=O)CCCCCNS(=O)(=O)c2ccc3c(c2)OCCO3)cc(OC)c1OC. The second-order valence-electron chi connectivity index (χ2n) is 7.48. The van der Waals surface area contributed by atoms with Crippen molar-refractivity contribution in [1.82, 2.24) is 4.72 Å². The number of anilines is 1. The van der Waals surface area contributed by atoms with Crippen molar-refractivity contribution in [2.45, 2.75) is 30.6 Å². The Hall–Kier alpha value is -3.18. The minimum absolute atomic E-state index is 0.126. The van der Waals surface area contributed by atoms with E-state index < -0.39 is 10.0 Å². The van der Waals surface area contributed by atoms with Gasteiger partial charge in [-0.2, -0.15) is 0 Å². The maximum atomic E-state index is 12.5. The van der Waals surface area contributed by atoms with E-state index in [1.54, 1.807) is 18.2 Å². The molecule has 3 rings (SSSR count). The van der Waals surface area contributed by atoms with Crippen LogP contribution < -0.4 is 33.7 Å². The number of carbonyl (C=O) groups is 1. The van der Waals surface area contributed by atoms with Gasteiger partial charge in [0.1, 0.15) is 13.2 Å². The highest BCUT2D eigenvalue weighted by molar-refractivity contribution is 7.89. The molecular formula is C23H30N2O8S. The van der Waals surface area contributed by atoms with Crippen molar-refractivity contribution in [3.63, 3.8) is 0 Å². The molecule has 1 heterocycles. The number of methoxy groups -OCH3 is 3. The van der Waals surface area contributed by atoms with E-state index in [0.717, 1.165) is 0 Å². The van der Waals surface area contributed by atoms with Crippen LogP contribution in [-0.4, -0.2) is 55.4 Å². The topological polar surface area (TPSA) is 121 Å². The molecule has 1 aliphatic heterocycles. The van der Waals surface area contributed by atoms with Gasteiger partial charge in [0.05, 0.1) is 26.2 Å². The number of amides is 1. The highest BCUT2D eigenvalue weighted by atomic mass is 32.2. The summed E-state index contributed by atoms with van der Waals surface area (Å²) in [6.45, 7) is 1.10. The largest absolute Gasteiger partial charge is 0.493 e. The molecule has 1 amide bonds. The molecule has 2 aromatic rings. The molecular weight excluding hydrogens is 464 g/mol. The number of nitrogens with one attached hydrogen (secondary N) is 2. The molecule has 0 aromatic heterocycles. The van der Waals surface area contributed by atoms with Crippen molar-refractivity contribution in [2.24, 2.45) is 0 Å². The number of hydrogen-bond donors (Lipinski definition) is 2. The minimum Gasteiger partial charge on any atom is -0.493 e. The summed E-state index contributed by atoms with van der Waals surface area (Å²) < 4.78 is 54.3. The van der Waals surface area contributed by atoms with Gasteiger partial charge in [-0.1, -0.05) is 6.42 Å². The van der Waals surface area contributed by atoms with Gasteiger partial charge in [-0.15, -0.1) is 0 Å². The Morgan fingerprint density at radius 2 is 1.59 bits per heavy atom. The van der Waals surface area contributed by atoms with E-state index in [-0.39, 0.29) is 17.3 Å². The first-order chi connectivity index (χ1) is 16.4. The number of sulfonamides is 1. The summed E-state index contributed by atoms with van der Waals surface area (Å²) in [5.74, 6) is 2.14. The maximum Gasteiger partial charge on any atom is 0.240 e. The first-order valence-corrected chi connectivity index (χ1v) is 12.4. The lowest BCUT2D eigenvalue weighted by molar-refractivity contribution is -0.116. The van der Waals surface area contributed by atoms with E-state index in [2.05, 4.69) is 10.0 Å². The van der Waals surface area contributed by atoms with Crippen LogP contribution in [0.5, 0.6) is 28.7 Å². The van der Waals surface area contributed by atoms with Crippen molar-refractivity contribution >= 4 is 21.6 Å². The standard InChI is InChI=1S/C23H30N2O8S/c1-29-20-13-16(14-21(30-2)23(20)31-3)25-22(26)7-5-4-6-10-24-34(27,28)17-8-9-18-19(15-17)33-12-11-32-18/h8-9,13-15,24H,4-7,10-12H2,1-3H3,(H,25,26). The summed E-state index contributed by atoms with van der Waals surface area (Å²) in [4.78, 5) is 12.4. The van der Waals surface area contributed by atoms with E-state index >= 15 is 0 Å². The van der Waals surface area contributed by atoms with Crippen LogP contribution in [-0.2, 0) is 14.8 Å². The minimum atomic E-state index is -3.66. The number of hydrogen-bond acceptors (Lipinski definition) is 8. The predicted molar refractivity (Wildman–Crippen MR) is 126 cm³/mol. The van der Waals surface area contributed by atoms with Gasteiger partial charge >= 0.3 is 0 Å². The van der Waals surface area contributed by atoms with Gasteiger partial charge in [-0.3, -0.25) is 4.79 Å². The number of unbranched alkanes of at least 4 members (excludes halogenated alkanes) is 2. The van der Waals surface area contributed by atoms with Gasteiger partial charge < -0.3 is 29.0 Å². The second kappa shape index (κ2) is 11.8. The van der Waals surface area contributed by atoms with Gasteiger partial charge in [0.25, 0.3) is 0 Å². The Morgan fingerprint density at radius 1 is 0.912 bits per heavy atom. The fourth-order valence-corrected chi connectivity index (χ4v) is 4.53. The van der Waals surface area contributed by atoms with Crippen LogP contribution in [0.25, 0.3) is 0 Å². The zero-order valence-corrected chi connectivity index (χ0v) is 20.3. The molecule has 0 aliphatic carbocycles. The summed E-state index contributed by atoms with van der Waals surface area (Å²) in [5.41, 5.74) is 0.534. The summed E-state index contributed by atoms with van der Waals surface area (Å²) in [6.07, 6.45) is 2.20. The highest BCUT2D eigenvalue weighted by Gasteiger charge is 2.19. The molecule has 0 saturated carbocycles. The Labute approximate surface area is 199 Å². The summed E-state index contributed by atoms with van der Waals surface area (Å²) in [5, 5.41) is 2.82. The first-order valence-electron chi connectivity index (χ1n) is 10.9. The third-order valence-electron chi connectivity index (χ3n) is 5.15. The molecule has 0 spiro atoms. The lowest BCUT2D eigenvalue weighted by Gasteiger charge is -2.18. The monoisotopic (exact) mass is 494 g/mol. The Morgan fingerprint density at radius 3 is 2.24 bits per heavy atom. The molecule has 34 heavy (non-hydrogen) atoms. The average molecular weight is 495 g/mol. The van der Waals surface area contributed by atoms with Gasteiger partial charge in [0, 0.05) is 36.9 Å². The second-order valence-corrected chi connectivity index (χ2v) is 9.24. The molecule has 1 aliphatic rings. The molecule has 10 nitrogen and oxygen atoms in total. The van der Waals surface area contributed by atoms with Gasteiger partial charge in [-0.05, 0) is 25.0 Å². The highest BCUT2D eigenvalue weighted by Crippen LogP contribution is 2.40. The molecule has 2 N–H and O–H groups in total. The molecule has 2 aromatic carbocycles. The van der Waals surface area contributed by atoms with Crippen LogP contribution >= 0.6 is 0 Å². The van der Waals surface area contributed by atoms with Crippen LogP contribution in [0.15, 0.2) is 35.2 Å².